The van der Waals surface area contributed by atoms with E-state index in [1.165, 1.54) is 0 Å². The zero-order chi connectivity index (χ0) is 28.9. The van der Waals surface area contributed by atoms with E-state index < -0.39 is 34.0 Å². The Kier molecular flexibility index (Phi) is 6.41. The molecule has 0 saturated carbocycles. The van der Waals surface area contributed by atoms with Crippen LogP contribution in [-0.2, 0) is 10.1 Å². The van der Waals surface area contributed by atoms with Crippen LogP contribution in [0.15, 0.2) is 101 Å². The van der Waals surface area contributed by atoms with E-state index in [0.29, 0.717) is 27.8 Å². The number of furan rings is 1. The third-order valence-corrected chi connectivity index (χ3v) is 7.62. The number of rotatable bonds is 6. The molecule has 0 fully saturated rings. The SMILES string of the molecule is O=S(=O)(Oc1cc(-c2cccc3c2oc2ccccc23)c2cccc(Nc3ccccc3)c2c1B(O)O)C(F)(F)F. The molecule has 0 unspecified atom stereocenters. The van der Waals surface area contributed by atoms with Crippen LogP contribution in [0.2, 0.25) is 0 Å². The predicted octanol–water partition coefficient (Wildman–Crippen LogP) is 6.06. The molecule has 12 heteroatoms. The molecular formula is C29H19BF3NO6S. The van der Waals surface area contributed by atoms with Gasteiger partial charge < -0.3 is 24.0 Å². The van der Waals surface area contributed by atoms with Gasteiger partial charge in [-0.15, -0.1) is 0 Å². The second-order valence-electron chi connectivity index (χ2n) is 9.19. The minimum atomic E-state index is -6.18. The molecule has 0 aliphatic heterocycles. The van der Waals surface area contributed by atoms with Gasteiger partial charge >= 0.3 is 22.7 Å². The van der Waals surface area contributed by atoms with Gasteiger partial charge in [-0.05, 0) is 41.3 Å². The van der Waals surface area contributed by atoms with Gasteiger partial charge in [-0.25, -0.2) is 0 Å². The predicted molar refractivity (Wildman–Crippen MR) is 152 cm³/mol. The zero-order valence-electron chi connectivity index (χ0n) is 20.9. The molecule has 0 atom stereocenters. The van der Waals surface area contributed by atoms with Crippen molar-refractivity contribution in [3.8, 4) is 16.9 Å². The van der Waals surface area contributed by atoms with Crippen LogP contribution in [0.25, 0.3) is 43.8 Å². The maximum absolute atomic E-state index is 13.4. The molecule has 0 bridgehead atoms. The van der Waals surface area contributed by atoms with E-state index in [2.05, 4.69) is 9.50 Å². The van der Waals surface area contributed by atoms with Gasteiger partial charge in [0.05, 0.1) is 0 Å². The molecule has 0 amide bonds. The maximum Gasteiger partial charge on any atom is 0.534 e. The Morgan fingerprint density at radius 1 is 0.780 bits per heavy atom. The highest BCUT2D eigenvalue weighted by Gasteiger charge is 2.49. The summed E-state index contributed by atoms with van der Waals surface area (Å²) in [5.41, 5.74) is -3.82. The summed E-state index contributed by atoms with van der Waals surface area (Å²) in [4.78, 5) is 0. The van der Waals surface area contributed by atoms with Crippen molar-refractivity contribution in [3.05, 3.63) is 97.1 Å². The van der Waals surface area contributed by atoms with Crippen LogP contribution in [0, 0.1) is 0 Å². The standard InChI is InChI=1S/C29H19BF3NO6S/c31-29(32,33)41(37,38)40-25-16-22(21-13-6-12-20-18-10-4-5-15-24(18)39-28(20)21)19-11-7-14-23(26(19)27(25)30(35)36)34-17-8-2-1-3-9-17/h1-16,34-36H. The lowest BCUT2D eigenvalue weighted by Gasteiger charge is -2.20. The van der Waals surface area contributed by atoms with Crippen molar-refractivity contribution < 1.29 is 40.2 Å². The fourth-order valence-corrected chi connectivity index (χ4v) is 5.40. The Balaban J connectivity index is 1.71. The smallest absolute Gasteiger partial charge is 0.455 e. The molecule has 0 saturated heterocycles. The molecule has 0 aliphatic carbocycles. The first-order chi connectivity index (χ1) is 19.5. The third-order valence-electron chi connectivity index (χ3n) is 6.65. The summed E-state index contributed by atoms with van der Waals surface area (Å²) in [6, 6.07) is 27.2. The van der Waals surface area contributed by atoms with Crippen LogP contribution in [0.5, 0.6) is 5.75 Å². The van der Waals surface area contributed by atoms with Gasteiger partial charge in [0.2, 0.25) is 0 Å². The Morgan fingerprint density at radius 3 is 2.17 bits per heavy atom. The van der Waals surface area contributed by atoms with Gasteiger partial charge in [0, 0.05) is 38.6 Å². The van der Waals surface area contributed by atoms with E-state index in [0.717, 1.165) is 16.8 Å². The lowest BCUT2D eigenvalue weighted by molar-refractivity contribution is -0.0499. The van der Waals surface area contributed by atoms with Gasteiger partial charge in [0.1, 0.15) is 16.9 Å². The molecule has 1 heterocycles. The monoisotopic (exact) mass is 577 g/mol. The lowest BCUT2D eigenvalue weighted by Crippen LogP contribution is -2.36. The molecule has 0 spiro atoms. The molecule has 0 aliphatic rings. The molecule has 6 aromatic rings. The van der Waals surface area contributed by atoms with Crippen molar-refractivity contribution in [3.63, 3.8) is 0 Å². The number of anilines is 2. The number of nitrogens with one attached hydrogen (secondary N) is 1. The highest BCUT2D eigenvalue weighted by atomic mass is 32.2. The number of halogens is 3. The average Bonchev–Trinajstić information content (AvgIpc) is 3.31. The summed E-state index contributed by atoms with van der Waals surface area (Å²) >= 11 is 0. The van der Waals surface area contributed by atoms with Crippen molar-refractivity contribution in [1.29, 1.82) is 0 Å². The van der Waals surface area contributed by atoms with Crippen LogP contribution in [-0.4, -0.2) is 31.1 Å². The van der Waals surface area contributed by atoms with E-state index in [-0.39, 0.29) is 16.6 Å². The summed E-state index contributed by atoms with van der Waals surface area (Å²) < 4.78 is 75.2. The van der Waals surface area contributed by atoms with Gasteiger partial charge in [0.15, 0.2) is 0 Å². The summed E-state index contributed by atoms with van der Waals surface area (Å²) in [6.45, 7) is 0. The minimum Gasteiger partial charge on any atom is -0.455 e. The molecular weight excluding hydrogens is 558 g/mol. The van der Waals surface area contributed by atoms with Crippen LogP contribution in [0.1, 0.15) is 0 Å². The fraction of sp³-hybridized carbons (Fsp3) is 0.0345. The number of alkyl halides is 3. The molecule has 0 radical (unpaired) electrons. The number of hydrogen-bond donors (Lipinski definition) is 3. The first-order valence-electron chi connectivity index (χ1n) is 12.2. The second kappa shape index (κ2) is 9.84. The molecule has 41 heavy (non-hydrogen) atoms. The number of para-hydroxylation sites is 3. The van der Waals surface area contributed by atoms with Gasteiger partial charge in [-0.2, -0.15) is 21.6 Å². The third kappa shape index (κ3) is 4.65. The van der Waals surface area contributed by atoms with Crippen molar-refractivity contribution in [1.82, 2.24) is 0 Å². The summed E-state index contributed by atoms with van der Waals surface area (Å²) in [5.74, 6) is -0.893. The average molecular weight is 577 g/mol. The van der Waals surface area contributed by atoms with Crippen LogP contribution >= 0.6 is 0 Å². The highest BCUT2D eigenvalue weighted by Crippen LogP contribution is 2.42. The molecule has 3 N–H and O–H groups in total. The van der Waals surface area contributed by atoms with E-state index in [9.17, 15) is 31.6 Å². The summed E-state index contributed by atoms with van der Waals surface area (Å²) in [5, 5.41) is 25.8. The number of fused-ring (bicyclic) bond motifs is 4. The van der Waals surface area contributed by atoms with E-state index >= 15 is 0 Å². The van der Waals surface area contributed by atoms with Crippen molar-refractivity contribution in [2.45, 2.75) is 5.51 Å². The molecule has 206 valence electrons. The number of benzene rings is 5. The topological polar surface area (TPSA) is 109 Å². The fourth-order valence-electron chi connectivity index (χ4n) is 4.93. The summed E-state index contributed by atoms with van der Waals surface area (Å²) in [7, 11) is -8.57. The van der Waals surface area contributed by atoms with E-state index in [4.69, 9.17) is 4.42 Å². The zero-order valence-corrected chi connectivity index (χ0v) is 21.7. The van der Waals surface area contributed by atoms with E-state index in [1.54, 1.807) is 72.8 Å². The molecule has 6 rings (SSSR count). The Bertz CT molecular complexity index is 2040. The quantitative estimate of drug-likeness (QED) is 0.126. The van der Waals surface area contributed by atoms with Gasteiger partial charge in [0.25, 0.3) is 0 Å². The van der Waals surface area contributed by atoms with Crippen LogP contribution < -0.4 is 15.0 Å². The van der Waals surface area contributed by atoms with Crippen molar-refractivity contribution in [2.75, 3.05) is 5.32 Å². The highest BCUT2D eigenvalue weighted by molar-refractivity contribution is 7.88. The normalized spacial score (nSPS) is 12.2. The van der Waals surface area contributed by atoms with Gasteiger partial charge in [-0.3, -0.25) is 0 Å². The largest absolute Gasteiger partial charge is 0.534 e. The maximum atomic E-state index is 13.4. The second-order valence-corrected chi connectivity index (χ2v) is 10.7. The Labute approximate surface area is 231 Å². The van der Waals surface area contributed by atoms with Crippen LogP contribution in [0.3, 0.4) is 0 Å². The first-order valence-corrected chi connectivity index (χ1v) is 13.7. The molecule has 1 aromatic heterocycles. The molecule has 7 nitrogen and oxygen atoms in total. The minimum absolute atomic E-state index is 0.0457. The van der Waals surface area contributed by atoms with Crippen LogP contribution in [0.4, 0.5) is 24.5 Å². The Hall–Kier alpha value is -4.52. The first kappa shape index (κ1) is 26.7. The number of hydrogen-bond acceptors (Lipinski definition) is 7. The van der Waals surface area contributed by atoms with Crippen molar-refractivity contribution >= 4 is 66.8 Å². The Morgan fingerprint density at radius 2 is 1.44 bits per heavy atom. The molecule has 5 aromatic carbocycles. The van der Waals surface area contributed by atoms with Crippen molar-refractivity contribution in [2.24, 2.45) is 0 Å². The van der Waals surface area contributed by atoms with E-state index in [1.807, 2.05) is 18.2 Å². The summed E-state index contributed by atoms with van der Waals surface area (Å²) in [6.07, 6.45) is 0. The van der Waals surface area contributed by atoms with Gasteiger partial charge in [-0.1, -0.05) is 66.7 Å². The lowest BCUT2D eigenvalue weighted by atomic mass is 9.74.